The monoisotopic (exact) mass is 355 g/mol. The van der Waals surface area contributed by atoms with Crippen molar-refractivity contribution in [3.63, 3.8) is 0 Å². The fourth-order valence-electron chi connectivity index (χ4n) is 2.25. The molecule has 0 atom stereocenters. The highest BCUT2D eigenvalue weighted by Crippen LogP contribution is 2.16. The number of anilines is 1. The maximum absolute atomic E-state index is 11.8. The van der Waals surface area contributed by atoms with Gasteiger partial charge in [-0.15, -0.1) is 0 Å². The zero-order chi connectivity index (χ0) is 15.5. The van der Waals surface area contributed by atoms with Gasteiger partial charge < -0.3 is 9.64 Å². The number of hydrogen-bond donors (Lipinski definition) is 0. The van der Waals surface area contributed by atoms with Gasteiger partial charge in [-0.05, 0) is 48.8 Å². The van der Waals surface area contributed by atoms with Gasteiger partial charge in [-0.25, -0.2) is 4.98 Å². The quantitative estimate of drug-likeness (QED) is 0.778. The van der Waals surface area contributed by atoms with E-state index in [4.69, 9.17) is 4.74 Å². The van der Waals surface area contributed by atoms with Crippen LogP contribution in [0.5, 0.6) is 0 Å². The minimum absolute atomic E-state index is 0.155. The van der Waals surface area contributed by atoms with E-state index in [1.807, 2.05) is 39.1 Å². The minimum Gasteiger partial charge on any atom is -0.459 e. The van der Waals surface area contributed by atoms with E-state index in [1.54, 1.807) is 0 Å². The number of carbonyl (C=O) groups excluding carboxylic acids is 1. The Morgan fingerprint density at radius 3 is 2.48 bits per heavy atom. The molecule has 5 nitrogen and oxygen atoms in total. The highest BCUT2D eigenvalue weighted by atomic mass is 79.9. The Labute approximate surface area is 134 Å². The van der Waals surface area contributed by atoms with Crippen LogP contribution in [0.1, 0.15) is 20.8 Å². The summed E-state index contributed by atoms with van der Waals surface area (Å²) in [7, 11) is 0. The molecule has 0 bridgehead atoms. The van der Waals surface area contributed by atoms with Crippen molar-refractivity contribution in [3.8, 4) is 0 Å². The van der Waals surface area contributed by atoms with E-state index < -0.39 is 5.60 Å². The summed E-state index contributed by atoms with van der Waals surface area (Å²) in [6.07, 6.45) is 1.81. The molecule has 21 heavy (non-hydrogen) atoms. The number of pyridine rings is 1. The van der Waals surface area contributed by atoms with E-state index in [1.165, 1.54) is 0 Å². The smallest absolute Gasteiger partial charge is 0.320 e. The van der Waals surface area contributed by atoms with Crippen molar-refractivity contribution in [2.45, 2.75) is 26.4 Å². The number of hydrogen-bond acceptors (Lipinski definition) is 5. The Bertz CT molecular complexity index is 477. The molecule has 0 radical (unpaired) electrons. The van der Waals surface area contributed by atoms with Crippen LogP contribution in [0.25, 0.3) is 0 Å². The number of rotatable bonds is 3. The summed E-state index contributed by atoms with van der Waals surface area (Å²) in [5, 5.41) is 0. The fourth-order valence-corrected chi connectivity index (χ4v) is 2.48. The lowest BCUT2D eigenvalue weighted by Gasteiger charge is -2.35. The lowest BCUT2D eigenvalue weighted by atomic mass is 10.2. The highest BCUT2D eigenvalue weighted by Gasteiger charge is 2.22. The molecule has 0 aromatic carbocycles. The van der Waals surface area contributed by atoms with Crippen LogP contribution in [0, 0.1) is 0 Å². The third-order valence-electron chi connectivity index (χ3n) is 3.18. The van der Waals surface area contributed by atoms with Crippen LogP contribution >= 0.6 is 15.9 Å². The Morgan fingerprint density at radius 1 is 1.29 bits per heavy atom. The van der Waals surface area contributed by atoms with Crippen LogP contribution in [0.15, 0.2) is 22.8 Å². The number of halogens is 1. The fraction of sp³-hybridized carbons (Fsp3) is 0.600. The first-order chi connectivity index (χ1) is 9.83. The lowest BCUT2D eigenvalue weighted by Crippen LogP contribution is -2.48. The first-order valence-corrected chi connectivity index (χ1v) is 7.93. The number of aromatic nitrogens is 1. The first-order valence-electron chi connectivity index (χ1n) is 7.14. The van der Waals surface area contributed by atoms with Crippen LogP contribution < -0.4 is 4.90 Å². The number of esters is 1. The maximum atomic E-state index is 11.8. The van der Waals surface area contributed by atoms with Gasteiger partial charge in [0, 0.05) is 36.8 Å². The van der Waals surface area contributed by atoms with Crippen LogP contribution in [0.2, 0.25) is 0 Å². The Kier molecular flexibility index (Phi) is 5.22. The zero-order valence-corrected chi connectivity index (χ0v) is 14.4. The van der Waals surface area contributed by atoms with Crippen molar-refractivity contribution >= 4 is 27.7 Å². The molecule has 0 saturated carbocycles. The molecule has 2 heterocycles. The molecular weight excluding hydrogens is 334 g/mol. The van der Waals surface area contributed by atoms with Crippen LogP contribution in [0.4, 0.5) is 5.82 Å². The summed E-state index contributed by atoms with van der Waals surface area (Å²) in [4.78, 5) is 20.6. The van der Waals surface area contributed by atoms with Gasteiger partial charge in [0.15, 0.2) is 0 Å². The molecular formula is C15H22BrN3O2. The van der Waals surface area contributed by atoms with Gasteiger partial charge in [-0.2, -0.15) is 0 Å². The standard InChI is InChI=1S/C15H22BrN3O2/c1-15(2,3)21-14(20)11-18-6-8-19(9-7-18)13-5-4-12(16)10-17-13/h4-5,10H,6-9,11H2,1-3H3. The number of piperazine rings is 1. The molecule has 1 fully saturated rings. The molecule has 1 aromatic heterocycles. The van der Waals surface area contributed by atoms with Crippen LogP contribution in [0.3, 0.4) is 0 Å². The van der Waals surface area contributed by atoms with Gasteiger partial charge in [0.2, 0.25) is 0 Å². The van der Waals surface area contributed by atoms with E-state index in [0.29, 0.717) is 6.54 Å². The second kappa shape index (κ2) is 6.75. The van der Waals surface area contributed by atoms with Gasteiger partial charge in [0.25, 0.3) is 0 Å². The normalized spacial score (nSPS) is 16.9. The molecule has 0 spiro atoms. The summed E-state index contributed by atoms with van der Waals surface area (Å²) in [6.45, 7) is 9.47. The summed E-state index contributed by atoms with van der Waals surface area (Å²) in [6, 6.07) is 4.00. The Balaban J connectivity index is 1.80. The average molecular weight is 356 g/mol. The van der Waals surface area contributed by atoms with Crippen LogP contribution in [-0.2, 0) is 9.53 Å². The lowest BCUT2D eigenvalue weighted by molar-refractivity contribution is -0.156. The maximum Gasteiger partial charge on any atom is 0.320 e. The van der Waals surface area contributed by atoms with Crippen molar-refractivity contribution in [2.75, 3.05) is 37.6 Å². The minimum atomic E-state index is -0.416. The SMILES string of the molecule is CC(C)(C)OC(=O)CN1CCN(c2ccc(Br)cn2)CC1. The van der Waals surface area contributed by atoms with Crippen molar-refractivity contribution in [1.29, 1.82) is 0 Å². The van der Waals surface area contributed by atoms with Crippen molar-refractivity contribution in [1.82, 2.24) is 9.88 Å². The van der Waals surface area contributed by atoms with E-state index in [9.17, 15) is 4.79 Å². The third-order valence-corrected chi connectivity index (χ3v) is 3.65. The molecule has 0 amide bonds. The molecule has 2 rings (SSSR count). The van der Waals surface area contributed by atoms with E-state index in [0.717, 1.165) is 36.5 Å². The topological polar surface area (TPSA) is 45.7 Å². The molecule has 1 aromatic rings. The average Bonchev–Trinajstić information content (AvgIpc) is 2.38. The highest BCUT2D eigenvalue weighted by molar-refractivity contribution is 9.10. The van der Waals surface area contributed by atoms with Gasteiger partial charge in [-0.1, -0.05) is 0 Å². The molecule has 0 N–H and O–H groups in total. The van der Waals surface area contributed by atoms with Crippen molar-refractivity contribution in [2.24, 2.45) is 0 Å². The molecule has 6 heteroatoms. The number of carbonyl (C=O) groups is 1. The first kappa shape index (κ1) is 16.2. The predicted molar refractivity (Wildman–Crippen MR) is 86.4 cm³/mol. The molecule has 0 unspecified atom stereocenters. The van der Waals surface area contributed by atoms with E-state index in [2.05, 4.69) is 30.7 Å². The second-order valence-electron chi connectivity index (χ2n) is 6.18. The number of ether oxygens (including phenoxy) is 1. The Morgan fingerprint density at radius 2 is 1.95 bits per heavy atom. The number of nitrogens with zero attached hydrogens (tertiary/aromatic N) is 3. The van der Waals surface area contributed by atoms with E-state index >= 15 is 0 Å². The summed E-state index contributed by atoms with van der Waals surface area (Å²) in [5.74, 6) is 0.827. The Hall–Kier alpha value is -1.14. The van der Waals surface area contributed by atoms with Gasteiger partial charge in [0.05, 0.1) is 6.54 Å². The van der Waals surface area contributed by atoms with Gasteiger partial charge in [-0.3, -0.25) is 9.69 Å². The molecule has 0 aliphatic carbocycles. The molecule has 1 saturated heterocycles. The summed E-state index contributed by atoms with van der Waals surface area (Å²) in [5.41, 5.74) is -0.416. The van der Waals surface area contributed by atoms with Gasteiger partial charge >= 0.3 is 5.97 Å². The van der Waals surface area contributed by atoms with Crippen molar-refractivity contribution < 1.29 is 9.53 Å². The predicted octanol–water partition coefficient (Wildman–Crippen LogP) is 2.31. The van der Waals surface area contributed by atoms with Crippen LogP contribution in [-0.4, -0.2) is 54.2 Å². The van der Waals surface area contributed by atoms with Gasteiger partial charge in [0.1, 0.15) is 11.4 Å². The second-order valence-corrected chi connectivity index (χ2v) is 7.10. The zero-order valence-electron chi connectivity index (χ0n) is 12.8. The summed E-state index contributed by atoms with van der Waals surface area (Å²) < 4.78 is 6.33. The molecule has 116 valence electrons. The third kappa shape index (κ3) is 5.28. The molecule has 1 aliphatic heterocycles. The largest absolute Gasteiger partial charge is 0.459 e. The van der Waals surface area contributed by atoms with E-state index in [-0.39, 0.29) is 5.97 Å². The molecule has 1 aliphatic rings. The van der Waals surface area contributed by atoms with Crippen molar-refractivity contribution in [3.05, 3.63) is 22.8 Å². The summed E-state index contributed by atoms with van der Waals surface area (Å²) >= 11 is 3.39.